The average molecular weight is 258 g/mol. The summed E-state index contributed by atoms with van der Waals surface area (Å²) in [5.41, 5.74) is 7.00. The summed E-state index contributed by atoms with van der Waals surface area (Å²) in [5.74, 6) is 5.41. The Morgan fingerprint density at radius 2 is 1.89 bits per heavy atom. The molecule has 0 heterocycles. The molecule has 100 valence electrons. The molecule has 0 saturated heterocycles. The van der Waals surface area contributed by atoms with Crippen LogP contribution in [0.25, 0.3) is 0 Å². The number of nitrogens with two attached hydrogens (primary N) is 1. The second kappa shape index (κ2) is 5.95. The number of aryl methyl sites for hydroxylation is 2. The fraction of sp³-hybridized carbons (Fsp3) is 0.250. The number of benzene rings is 2. The van der Waals surface area contributed by atoms with E-state index in [9.17, 15) is 4.39 Å². The lowest BCUT2D eigenvalue weighted by Crippen LogP contribution is -2.29. The van der Waals surface area contributed by atoms with Crippen molar-refractivity contribution in [3.05, 3.63) is 70.5 Å². The Hall–Kier alpha value is -1.71. The molecule has 1 atom stereocenters. The molecule has 0 aliphatic carbocycles. The van der Waals surface area contributed by atoms with Crippen molar-refractivity contribution in [3.8, 4) is 0 Å². The molecule has 3 heteroatoms. The van der Waals surface area contributed by atoms with Gasteiger partial charge in [0.2, 0.25) is 0 Å². The Bertz CT molecular complexity index is 546. The first-order chi connectivity index (χ1) is 9.10. The Labute approximate surface area is 113 Å². The number of halogens is 1. The second-order valence-electron chi connectivity index (χ2n) is 4.91. The van der Waals surface area contributed by atoms with Crippen LogP contribution in [0.1, 0.15) is 28.3 Å². The lowest BCUT2D eigenvalue weighted by molar-refractivity contribution is 0.543. The fourth-order valence-corrected chi connectivity index (χ4v) is 2.30. The Morgan fingerprint density at radius 1 is 1.16 bits per heavy atom. The van der Waals surface area contributed by atoms with Crippen molar-refractivity contribution < 1.29 is 4.39 Å². The lowest BCUT2D eigenvalue weighted by Gasteiger charge is -2.18. The lowest BCUT2D eigenvalue weighted by atomic mass is 9.95. The molecule has 0 amide bonds. The minimum absolute atomic E-state index is 0.0875. The van der Waals surface area contributed by atoms with E-state index in [4.69, 9.17) is 5.84 Å². The molecule has 0 aliphatic rings. The van der Waals surface area contributed by atoms with Crippen LogP contribution >= 0.6 is 0 Å². The van der Waals surface area contributed by atoms with E-state index >= 15 is 0 Å². The van der Waals surface area contributed by atoms with E-state index in [1.807, 2.05) is 25.1 Å². The van der Waals surface area contributed by atoms with Crippen molar-refractivity contribution in [2.45, 2.75) is 26.3 Å². The van der Waals surface area contributed by atoms with Gasteiger partial charge in [-0.25, -0.2) is 4.39 Å². The van der Waals surface area contributed by atoms with Crippen LogP contribution in [0.15, 0.2) is 42.5 Å². The van der Waals surface area contributed by atoms with Gasteiger partial charge in [-0.05, 0) is 54.7 Å². The van der Waals surface area contributed by atoms with Crippen LogP contribution in [0.4, 0.5) is 4.39 Å². The highest BCUT2D eigenvalue weighted by molar-refractivity contribution is 5.31. The van der Waals surface area contributed by atoms with Crippen LogP contribution in [0, 0.1) is 19.7 Å². The van der Waals surface area contributed by atoms with Crippen molar-refractivity contribution in [2.24, 2.45) is 5.84 Å². The summed E-state index contributed by atoms with van der Waals surface area (Å²) in [5, 5.41) is 0. The topological polar surface area (TPSA) is 38.0 Å². The number of rotatable bonds is 4. The van der Waals surface area contributed by atoms with E-state index in [0.29, 0.717) is 0 Å². The molecule has 2 rings (SSSR count). The third kappa shape index (κ3) is 3.40. The summed E-state index contributed by atoms with van der Waals surface area (Å²) >= 11 is 0. The highest BCUT2D eigenvalue weighted by atomic mass is 19.1. The van der Waals surface area contributed by atoms with Gasteiger partial charge < -0.3 is 0 Å². The molecule has 2 aromatic rings. The first kappa shape index (κ1) is 13.7. The number of nitrogens with one attached hydrogen (secondary N) is 1. The van der Waals surface area contributed by atoms with Gasteiger partial charge in [-0.3, -0.25) is 11.3 Å². The minimum Gasteiger partial charge on any atom is -0.271 e. The van der Waals surface area contributed by atoms with Gasteiger partial charge in [0.25, 0.3) is 0 Å². The minimum atomic E-state index is -0.222. The van der Waals surface area contributed by atoms with E-state index in [0.717, 1.165) is 17.5 Å². The number of hydrogen-bond acceptors (Lipinski definition) is 2. The van der Waals surface area contributed by atoms with Crippen LogP contribution < -0.4 is 11.3 Å². The summed E-state index contributed by atoms with van der Waals surface area (Å²) in [6, 6.07) is 13.1. The predicted octanol–water partition coefficient (Wildman–Crippen LogP) is 3.19. The SMILES string of the molecule is Cc1cc(F)cc(C(Cc2ccccc2C)NN)c1. The fourth-order valence-electron chi connectivity index (χ4n) is 2.30. The highest BCUT2D eigenvalue weighted by Crippen LogP contribution is 2.21. The number of hydrazine groups is 1. The van der Waals surface area contributed by atoms with Gasteiger partial charge in [0.1, 0.15) is 5.82 Å². The van der Waals surface area contributed by atoms with Crippen LogP contribution in [0.5, 0.6) is 0 Å². The average Bonchev–Trinajstić information content (AvgIpc) is 2.36. The molecular weight excluding hydrogens is 239 g/mol. The third-order valence-corrected chi connectivity index (χ3v) is 3.35. The van der Waals surface area contributed by atoms with E-state index in [1.54, 1.807) is 0 Å². The quantitative estimate of drug-likeness (QED) is 0.653. The second-order valence-corrected chi connectivity index (χ2v) is 4.91. The molecule has 0 spiro atoms. The standard InChI is InChI=1S/C16H19FN2/c1-11-7-14(9-15(17)8-11)16(19-18)10-13-6-4-3-5-12(13)2/h3-9,16,19H,10,18H2,1-2H3. The van der Waals surface area contributed by atoms with Gasteiger partial charge in [-0.1, -0.05) is 30.3 Å². The molecule has 0 aromatic heterocycles. The maximum absolute atomic E-state index is 13.5. The van der Waals surface area contributed by atoms with E-state index < -0.39 is 0 Å². The van der Waals surface area contributed by atoms with Gasteiger partial charge in [0.15, 0.2) is 0 Å². The molecule has 2 aromatic carbocycles. The summed E-state index contributed by atoms with van der Waals surface area (Å²) in [7, 11) is 0. The van der Waals surface area contributed by atoms with Gasteiger partial charge in [0, 0.05) is 0 Å². The van der Waals surface area contributed by atoms with Crippen LogP contribution in [-0.4, -0.2) is 0 Å². The van der Waals surface area contributed by atoms with Crippen molar-refractivity contribution in [1.29, 1.82) is 0 Å². The summed E-state index contributed by atoms with van der Waals surface area (Å²) in [4.78, 5) is 0. The molecule has 19 heavy (non-hydrogen) atoms. The monoisotopic (exact) mass is 258 g/mol. The normalized spacial score (nSPS) is 12.4. The Kier molecular flexibility index (Phi) is 4.30. The predicted molar refractivity (Wildman–Crippen MR) is 76.1 cm³/mol. The maximum atomic E-state index is 13.5. The van der Waals surface area contributed by atoms with E-state index in [2.05, 4.69) is 24.5 Å². The summed E-state index contributed by atoms with van der Waals surface area (Å²) in [6.45, 7) is 3.95. The molecule has 0 aliphatic heterocycles. The van der Waals surface area contributed by atoms with Gasteiger partial charge in [-0.2, -0.15) is 0 Å². The van der Waals surface area contributed by atoms with E-state index in [-0.39, 0.29) is 11.9 Å². The van der Waals surface area contributed by atoms with Crippen molar-refractivity contribution in [3.63, 3.8) is 0 Å². The highest BCUT2D eigenvalue weighted by Gasteiger charge is 2.13. The summed E-state index contributed by atoms with van der Waals surface area (Å²) in [6.07, 6.45) is 0.742. The molecular formula is C16H19FN2. The molecule has 0 bridgehead atoms. The molecule has 3 N–H and O–H groups in total. The van der Waals surface area contributed by atoms with Crippen LogP contribution in [0.3, 0.4) is 0 Å². The Balaban J connectivity index is 2.28. The zero-order valence-electron chi connectivity index (χ0n) is 11.3. The molecule has 2 nitrogen and oxygen atoms in total. The molecule has 0 fully saturated rings. The van der Waals surface area contributed by atoms with Gasteiger partial charge >= 0.3 is 0 Å². The van der Waals surface area contributed by atoms with Crippen molar-refractivity contribution in [2.75, 3.05) is 0 Å². The van der Waals surface area contributed by atoms with Crippen molar-refractivity contribution in [1.82, 2.24) is 5.43 Å². The maximum Gasteiger partial charge on any atom is 0.123 e. The van der Waals surface area contributed by atoms with Crippen LogP contribution in [-0.2, 0) is 6.42 Å². The third-order valence-electron chi connectivity index (χ3n) is 3.35. The van der Waals surface area contributed by atoms with Gasteiger partial charge in [0.05, 0.1) is 6.04 Å². The smallest absolute Gasteiger partial charge is 0.123 e. The molecule has 1 unspecified atom stereocenters. The first-order valence-corrected chi connectivity index (χ1v) is 6.38. The zero-order valence-corrected chi connectivity index (χ0v) is 11.3. The molecule has 0 saturated carbocycles. The van der Waals surface area contributed by atoms with Crippen molar-refractivity contribution >= 4 is 0 Å². The largest absolute Gasteiger partial charge is 0.271 e. The zero-order chi connectivity index (χ0) is 13.8. The van der Waals surface area contributed by atoms with Crippen LogP contribution in [0.2, 0.25) is 0 Å². The number of hydrogen-bond donors (Lipinski definition) is 2. The first-order valence-electron chi connectivity index (χ1n) is 6.38. The van der Waals surface area contributed by atoms with E-state index in [1.165, 1.54) is 23.3 Å². The molecule has 0 radical (unpaired) electrons. The Morgan fingerprint density at radius 3 is 2.53 bits per heavy atom. The van der Waals surface area contributed by atoms with Gasteiger partial charge in [-0.15, -0.1) is 0 Å². The summed E-state index contributed by atoms with van der Waals surface area (Å²) < 4.78 is 13.5.